The summed E-state index contributed by atoms with van der Waals surface area (Å²) in [6, 6.07) is 0.584. The summed E-state index contributed by atoms with van der Waals surface area (Å²) in [5, 5.41) is 16.6. The molecule has 7 nitrogen and oxygen atoms in total. The molecule has 156 valence electrons. The van der Waals surface area contributed by atoms with Crippen LogP contribution in [-0.4, -0.2) is 59.8 Å². The molecule has 1 aromatic rings. The van der Waals surface area contributed by atoms with E-state index in [0.29, 0.717) is 12.6 Å². The van der Waals surface area contributed by atoms with Gasteiger partial charge in [0.25, 0.3) is 0 Å². The molecule has 0 aromatic carbocycles. The maximum absolute atomic E-state index is 5.43. The third-order valence-corrected chi connectivity index (χ3v) is 5.58. The maximum atomic E-state index is 5.43. The van der Waals surface area contributed by atoms with E-state index >= 15 is 0 Å². The van der Waals surface area contributed by atoms with Crippen molar-refractivity contribution in [3.8, 4) is 0 Å². The Hall–Kier alpha value is -0.550. The van der Waals surface area contributed by atoms with E-state index in [1.807, 2.05) is 13.8 Å². The van der Waals surface area contributed by atoms with Gasteiger partial charge in [-0.15, -0.1) is 34.2 Å². The van der Waals surface area contributed by atoms with Crippen LogP contribution in [0.3, 0.4) is 0 Å². The number of aromatic nitrogens is 3. The molecule has 27 heavy (non-hydrogen) atoms. The largest absolute Gasteiger partial charge is 0.377 e. The monoisotopic (exact) mass is 510 g/mol. The summed E-state index contributed by atoms with van der Waals surface area (Å²) in [6.45, 7) is 5.65. The molecule has 9 heteroatoms. The lowest BCUT2D eigenvalue weighted by Crippen LogP contribution is -2.45. The minimum atomic E-state index is -0.219. The van der Waals surface area contributed by atoms with E-state index in [9.17, 15) is 0 Å². The fourth-order valence-electron chi connectivity index (χ4n) is 3.19. The van der Waals surface area contributed by atoms with Crippen molar-refractivity contribution in [1.29, 1.82) is 0 Å². The Labute approximate surface area is 184 Å². The van der Waals surface area contributed by atoms with E-state index in [2.05, 4.69) is 36.6 Å². The highest BCUT2D eigenvalue weighted by atomic mass is 127. The number of aliphatic imine (C=N–C) groups is 1. The van der Waals surface area contributed by atoms with Gasteiger partial charge in [-0.2, -0.15) is 0 Å². The van der Waals surface area contributed by atoms with Gasteiger partial charge in [0.2, 0.25) is 0 Å². The van der Waals surface area contributed by atoms with Crippen molar-refractivity contribution >= 4 is 41.7 Å². The van der Waals surface area contributed by atoms with Gasteiger partial charge < -0.3 is 19.9 Å². The highest BCUT2D eigenvalue weighted by Gasteiger charge is 2.23. The number of nitrogens with one attached hydrogen (secondary N) is 2. The van der Waals surface area contributed by atoms with Crippen LogP contribution in [0.5, 0.6) is 0 Å². The highest BCUT2D eigenvalue weighted by Crippen LogP contribution is 2.33. The van der Waals surface area contributed by atoms with Crippen molar-refractivity contribution in [2.24, 2.45) is 4.99 Å². The van der Waals surface area contributed by atoms with Gasteiger partial charge in [0.15, 0.2) is 11.1 Å². The van der Waals surface area contributed by atoms with Crippen molar-refractivity contribution in [2.75, 3.05) is 33.5 Å². The van der Waals surface area contributed by atoms with Gasteiger partial charge in [-0.1, -0.05) is 24.6 Å². The molecule has 0 amide bonds. The van der Waals surface area contributed by atoms with E-state index in [0.717, 1.165) is 36.3 Å². The van der Waals surface area contributed by atoms with Gasteiger partial charge in [0, 0.05) is 39.7 Å². The molecule has 0 spiro atoms. The SMILES string of the molecule is CN=C(NCCCc1nnc(SC)n1C1CCCC1)NCC(C)(C)OC.I. The van der Waals surface area contributed by atoms with Crippen LogP contribution in [0.2, 0.25) is 0 Å². The quantitative estimate of drug-likeness (QED) is 0.175. The van der Waals surface area contributed by atoms with Crippen LogP contribution < -0.4 is 10.6 Å². The van der Waals surface area contributed by atoms with Gasteiger partial charge in [-0.25, -0.2) is 0 Å². The van der Waals surface area contributed by atoms with Gasteiger partial charge in [0.1, 0.15) is 5.82 Å². The molecule has 1 saturated carbocycles. The zero-order chi connectivity index (χ0) is 19.0. The van der Waals surface area contributed by atoms with E-state index < -0.39 is 0 Å². The summed E-state index contributed by atoms with van der Waals surface area (Å²) in [5.74, 6) is 1.92. The number of hydrogen-bond donors (Lipinski definition) is 2. The zero-order valence-electron chi connectivity index (χ0n) is 17.2. The third-order valence-electron chi connectivity index (χ3n) is 4.93. The van der Waals surface area contributed by atoms with Crippen molar-refractivity contribution in [1.82, 2.24) is 25.4 Å². The average molecular weight is 510 g/mol. The Morgan fingerprint density at radius 3 is 2.59 bits per heavy atom. The number of rotatable bonds is 9. The standard InChI is InChI=1S/C18H34N6OS.HI/c1-18(2,25-4)13-21-16(19-3)20-12-8-11-15-22-23-17(26-5)24(15)14-9-6-7-10-14;/h14H,6-13H2,1-5H3,(H2,19,20,21);1H. The number of aryl methyl sites for hydroxylation is 1. The topological polar surface area (TPSA) is 76.4 Å². The molecule has 2 N–H and O–H groups in total. The minimum absolute atomic E-state index is 0. The molecular weight excluding hydrogens is 475 g/mol. The predicted octanol–water partition coefficient (Wildman–Crippen LogP) is 3.26. The molecule has 0 aliphatic heterocycles. The van der Waals surface area contributed by atoms with Gasteiger partial charge in [-0.3, -0.25) is 4.99 Å². The zero-order valence-corrected chi connectivity index (χ0v) is 20.4. The number of ether oxygens (including phenoxy) is 1. The van der Waals surface area contributed by atoms with Crippen LogP contribution in [0.1, 0.15) is 57.8 Å². The lowest BCUT2D eigenvalue weighted by atomic mass is 10.1. The number of halogens is 1. The highest BCUT2D eigenvalue weighted by molar-refractivity contribution is 14.0. The summed E-state index contributed by atoms with van der Waals surface area (Å²) in [4.78, 5) is 4.27. The fraction of sp³-hybridized carbons (Fsp3) is 0.833. The molecule has 1 heterocycles. The second-order valence-electron chi connectivity index (χ2n) is 7.33. The van der Waals surface area contributed by atoms with E-state index in [4.69, 9.17) is 4.74 Å². The normalized spacial score (nSPS) is 15.7. The average Bonchev–Trinajstić information content (AvgIpc) is 3.30. The fourth-order valence-corrected chi connectivity index (χ4v) is 3.76. The summed E-state index contributed by atoms with van der Waals surface area (Å²) >= 11 is 1.69. The molecule has 1 aliphatic carbocycles. The summed E-state index contributed by atoms with van der Waals surface area (Å²) in [5.41, 5.74) is -0.219. The van der Waals surface area contributed by atoms with Crippen LogP contribution in [0.15, 0.2) is 10.1 Å². The molecular formula is C18H35IN6OS. The second kappa shape index (κ2) is 12.1. The number of hydrogen-bond acceptors (Lipinski definition) is 5. The summed E-state index contributed by atoms with van der Waals surface area (Å²) < 4.78 is 7.81. The minimum Gasteiger partial charge on any atom is -0.377 e. The first-order valence-corrected chi connectivity index (χ1v) is 10.7. The number of methoxy groups -OCH3 is 1. The van der Waals surface area contributed by atoms with Crippen LogP contribution in [0, 0.1) is 0 Å². The molecule has 0 unspecified atom stereocenters. The van der Waals surface area contributed by atoms with E-state index in [1.165, 1.54) is 25.7 Å². The molecule has 0 radical (unpaired) electrons. The number of thioether (sulfide) groups is 1. The molecule has 0 saturated heterocycles. The van der Waals surface area contributed by atoms with Crippen LogP contribution in [0.25, 0.3) is 0 Å². The van der Waals surface area contributed by atoms with Crippen molar-refractivity contribution < 1.29 is 4.74 Å². The Morgan fingerprint density at radius 2 is 2.00 bits per heavy atom. The maximum Gasteiger partial charge on any atom is 0.191 e. The van der Waals surface area contributed by atoms with Crippen molar-refractivity contribution in [3.05, 3.63) is 5.82 Å². The summed E-state index contributed by atoms with van der Waals surface area (Å²) in [7, 11) is 3.51. The third kappa shape index (κ3) is 7.41. The lowest BCUT2D eigenvalue weighted by Gasteiger charge is -2.24. The van der Waals surface area contributed by atoms with E-state index in [-0.39, 0.29) is 29.6 Å². The number of nitrogens with zero attached hydrogens (tertiary/aromatic N) is 4. The predicted molar refractivity (Wildman–Crippen MR) is 123 cm³/mol. The van der Waals surface area contributed by atoms with Crippen LogP contribution in [0.4, 0.5) is 0 Å². The number of guanidine groups is 1. The van der Waals surface area contributed by atoms with Crippen molar-refractivity contribution in [2.45, 2.75) is 69.2 Å². The smallest absolute Gasteiger partial charge is 0.191 e. The first-order valence-electron chi connectivity index (χ1n) is 9.48. The Morgan fingerprint density at radius 1 is 1.30 bits per heavy atom. The van der Waals surface area contributed by atoms with Gasteiger partial charge in [-0.05, 0) is 39.4 Å². The van der Waals surface area contributed by atoms with Gasteiger partial charge >= 0.3 is 0 Å². The molecule has 1 aromatic heterocycles. The van der Waals surface area contributed by atoms with Crippen LogP contribution in [-0.2, 0) is 11.2 Å². The summed E-state index contributed by atoms with van der Waals surface area (Å²) in [6.07, 6.45) is 9.14. The van der Waals surface area contributed by atoms with E-state index in [1.54, 1.807) is 25.9 Å². The molecule has 0 bridgehead atoms. The molecule has 1 fully saturated rings. The first-order chi connectivity index (χ1) is 12.5. The van der Waals surface area contributed by atoms with Crippen LogP contribution >= 0.6 is 35.7 Å². The second-order valence-corrected chi connectivity index (χ2v) is 8.10. The Bertz CT molecular complexity index is 586. The van der Waals surface area contributed by atoms with Gasteiger partial charge in [0.05, 0.1) is 5.60 Å². The Kier molecular flexibility index (Phi) is 11.0. The Balaban J connectivity index is 0.00000364. The molecule has 0 atom stereocenters. The van der Waals surface area contributed by atoms with Crippen molar-refractivity contribution in [3.63, 3.8) is 0 Å². The molecule has 2 rings (SSSR count). The molecule has 1 aliphatic rings. The lowest BCUT2D eigenvalue weighted by molar-refractivity contribution is 0.0268. The first kappa shape index (κ1) is 24.5.